The van der Waals surface area contributed by atoms with Crippen molar-refractivity contribution >= 4 is 51.1 Å². The average Bonchev–Trinajstić information content (AvgIpc) is 3.05. The summed E-state index contributed by atoms with van der Waals surface area (Å²) < 4.78 is 12.5. The third-order valence-corrected chi connectivity index (χ3v) is 6.34. The number of nitrogens with zero attached hydrogens (tertiary/aromatic N) is 1. The summed E-state index contributed by atoms with van der Waals surface area (Å²) in [6, 6.07) is 20.3. The monoisotopic (exact) mass is 449 g/mol. The van der Waals surface area contributed by atoms with Gasteiger partial charge in [0.25, 0.3) is 5.91 Å². The van der Waals surface area contributed by atoms with Crippen molar-refractivity contribution in [3.8, 4) is 11.5 Å². The summed E-state index contributed by atoms with van der Waals surface area (Å²) in [4.78, 5) is 14.7. The van der Waals surface area contributed by atoms with Gasteiger partial charge in [0.05, 0.1) is 11.5 Å². The lowest BCUT2D eigenvalue weighted by atomic mass is 10.1. The summed E-state index contributed by atoms with van der Waals surface area (Å²) >= 11 is 6.62. The lowest BCUT2D eigenvalue weighted by Gasteiger charge is -2.13. The van der Waals surface area contributed by atoms with E-state index in [0.29, 0.717) is 40.5 Å². The molecule has 158 valence electrons. The van der Waals surface area contributed by atoms with Crippen LogP contribution < -0.4 is 9.47 Å². The predicted molar refractivity (Wildman–Crippen MR) is 131 cm³/mol. The molecular formula is C25H23NO3S2. The zero-order valence-electron chi connectivity index (χ0n) is 17.5. The first kappa shape index (κ1) is 21.4. The fourth-order valence-electron chi connectivity index (χ4n) is 3.42. The van der Waals surface area contributed by atoms with E-state index < -0.39 is 0 Å². The van der Waals surface area contributed by atoms with Crippen LogP contribution in [0.5, 0.6) is 11.5 Å². The lowest BCUT2D eigenvalue weighted by Crippen LogP contribution is -2.27. The van der Waals surface area contributed by atoms with E-state index >= 15 is 0 Å². The van der Waals surface area contributed by atoms with Gasteiger partial charge in [-0.2, -0.15) is 0 Å². The number of thioether (sulfide) groups is 1. The van der Waals surface area contributed by atoms with Gasteiger partial charge in [0, 0.05) is 6.54 Å². The minimum Gasteiger partial charge on any atom is -0.490 e. The molecule has 1 fully saturated rings. The highest BCUT2D eigenvalue weighted by Crippen LogP contribution is 2.35. The Morgan fingerprint density at radius 1 is 0.968 bits per heavy atom. The Morgan fingerprint density at radius 3 is 2.52 bits per heavy atom. The Labute approximate surface area is 191 Å². The van der Waals surface area contributed by atoms with E-state index in [1.54, 1.807) is 4.90 Å². The Kier molecular flexibility index (Phi) is 6.59. The number of likely N-dealkylation sites (N-methyl/N-ethyl adjacent to an activating group) is 1. The van der Waals surface area contributed by atoms with Crippen molar-refractivity contribution in [1.29, 1.82) is 0 Å². The van der Waals surface area contributed by atoms with Crippen molar-refractivity contribution in [2.45, 2.75) is 20.5 Å². The number of carbonyl (C=O) groups excluding carboxylic acids is 1. The molecule has 1 amide bonds. The van der Waals surface area contributed by atoms with E-state index in [-0.39, 0.29) is 5.91 Å². The SMILES string of the molecule is CCOc1cc(/C=C2\SC(=S)N(CC)C2=O)ccc1OCc1ccc2ccccc2c1. The number of carbonyl (C=O) groups is 1. The Balaban J connectivity index is 1.53. The first-order valence-electron chi connectivity index (χ1n) is 10.2. The van der Waals surface area contributed by atoms with E-state index in [0.717, 1.165) is 11.1 Å². The highest BCUT2D eigenvalue weighted by Gasteiger charge is 2.30. The molecule has 0 bridgehead atoms. The first-order chi connectivity index (χ1) is 15.1. The van der Waals surface area contributed by atoms with Crippen LogP contribution in [-0.4, -0.2) is 28.3 Å². The highest BCUT2D eigenvalue weighted by atomic mass is 32.2. The maximum Gasteiger partial charge on any atom is 0.266 e. The van der Waals surface area contributed by atoms with Crippen LogP contribution in [0.3, 0.4) is 0 Å². The van der Waals surface area contributed by atoms with E-state index in [9.17, 15) is 4.79 Å². The maximum absolute atomic E-state index is 12.5. The van der Waals surface area contributed by atoms with Gasteiger partial charge >= 0.3 is 0 Å². The molecule has 3 aromatic rings. The van der Waals surface area contributed by atoms with Crippen LogP contribution in [0.15, 0.2) is 65.6 Å². The second-order valence-electron chi connectivity index (χ2n) is 7.04. The first-order valence-corrected chi connectivity index (χ1v) is 11.4. The molecule has 0 radical (unpaired) electrons. The summed E-state index contributed by atoms with van der Waals surface area (Å²) in [5, 5.41) is 2.40. The fourth-order valence-corrected chi connectivity index (χ4v) is 4.80. The van der Waals surface area contributed by atoms with Crippen LogP contribution >= 0.6 is 24.0 Å². The number of thiocarbonyl (C=S) groups is 1. The Morgan fingerprint density at radius 2 is 1.77 bits per heavy atom. The Bertz CT molecular complexity index is 1170. The predicted octanol–water partition coefficient (Wildman–Crippen LogP) is 6.04. The van der Waals surface area contributed by atoms with E-state index in [2.05, 4.69) is 30.3 Å². The molecule has 4 nitrogen and oxygen atoms in total. The van der Waals surface area contributed by atoms with Gasteiger partial charge in [-0.3, -0.25) is 9.69 Å². The van der Waals surface area contributed by atoms with Crippen LogP contribution in [0, 0.1) is 0 Å². The standard InChI is InChI=1S/C25H23NO3S2/c1-3-26-24(27)23(31-25(26)30)15-17-10-12-21(22(14-17)28-4-2)29-16-18-9-11-19-7-5-6-8-20(19)13-18/h5-15H,3-4,16H2,1-2H3/b23-15-. The molecule has 1 saturated heterocycles. The van der Waals surface area contributed by atoms with Crippen molar-refractivity contribution in [1.82, 2.24) is 4.90 Å². The van der Waals surface area contributed by atoms with Gasteiger partial charge < -0.3 is 9.47 Å². The second-order valence-corrected chi connectivity index (χ2v) is 8.71. The van der Waals surface area contributed by atoms with Crippen molar-refractivity contribution in [2.75, 3.05) is 13.2 Å². The number of rotatable bonds is 7. The quantitative estimate of drug-likeness (QED) is 0.325. The normalized spacial score (nSPS) is 15.2. The van der Waals surface area contributed by atoms with E-state index in [1.165, 1.54) is 22.5 Å². The molecule has 4 rings (SSSR count). The summed E-state index contributed by atoms with van der Waals surface area (Å²) in [7, 11) is 0. The van der Waals surface area contributed by atoms with Crippen LogP contribution in [0.25, 0.3) is 16.8 Å². The zero-order valence-corrected chi connectivity index (χ0v) is 19.1. The van der Waals surface area contributed by atoms with Crippen molar-refractivity contribution in [2.24, 2.45) is 0 Å². The molecule has 0 spiro atoms. The molecule has 0 unspecified atom stereocenters. The van der Waals surface area contributed by atoms with Gasteiger partial charge in [-0.05, 0) is 60.0 Å². The number of hydrogen-bond acceptors (Lipinski definition) is 5. The van der Waals surface area contributed by atoms with Crippen LogP contribution in [0.1, 0.15) is 25.0 Å². The smallest absolute Gasteiger partial charge is 0.266 e. The number of hydrogen-bond donors (Lipinski definition) is 0. The van der Waals surface area contributed by atoms with Gasteiger partial charge in [-0.1, -0.05) is 66.4 Å². The van der Waals surface area contributed by atoms with Gasteiger partial charge in [0.15, 0.2) is 11.5 Å². The maximum atomic E-state index is 12.5. The van der Waals surface area contributed by atoms with Crippen molar-refractivity contribution < 1.29 is 14.3 Å². The zero-order chi connectivity index (χ0) is 21.8. The molecule has 0 aromatic heterocycles. The minimum absolute atomic E-state index is 0.0490. The molecule has 0 saturated carbocycles. The molecular weight excluding hydrogens is 426 g/mol. The highest BCUT2D eigenvalue weighted by molar-refractivity contribution is 8.26. The molecule has 1 aliphatic rings. The number of ether oxygens (including phenoxy) is 2. The summed E-state index contributed by atoms with van der Waals surface area (Å²) in [5.41, 5.74) is 1.96. The van der Waals surface area contributed by atoms with Gasteiger partial charge in [0.2, 0.25) is 0 Å². The van der Waals surface area contributed by atoms with Crippen LogP contribution in [0.4, 0.5) is 0 Å². The molecule has 6 heteroatoms. The van der Waals surface area contributed by atoms with Gasteiger partial charge in [-0.25, -0.2) is 0 Å². The molecule has 1 heterocycles. The summed E-state index contributed by atoms with van der Waals surface area (Å²) in [5.74, 6) is 1.28. The minimum atomic E-state index is -0.0490. The number of fused-ring (bicyclic) bond motifs is 1. The third-order valence-electron chi connectivity index (χ3n) is 4.96. The van der Waals surface area contributed by atoms with E-state index in [4.69, 9.17) is 21.7 Å². The van der Waals surface area contributed by atoms with Crippen molar-refractivity contribution in [3.63, 3.8) is 0 Å². The average molecular weight is 450 g/mol. The Hall–Kier alpha value is -2.83. The molecule has 0 atom stereocenters. The van der Waals surface area contributed by atoms with E-state index in [1.807, 2.05) is 50.3 Å². The second kappa shape index (κ2) is 9.54. The van der Waals surface area contributed by atoms with Crippen LogP contribution in [0.2, 0.25) is 0 Å². The lowest BCUT2D eigenvalue weighted by molar-refractivity contribution is -0.121. The topological polar surface area (TPSA) is 38.8 Å². The van der Waals surface area contributed by atoms with Crippen LogP contribution in [-0.2, 0) is 11.4 Å². The fraction of sp³-hybridized carbons (Fsp3) is 0.200. The largest absolute Gasteiger partial charge is 0.490 e. The number of benzene rings is 3. The third kappa shape index (κ3) is 4.75. The molecule has 31 heavy (non-hydrogen) atoms. The summed E-state index contributed by atoms with van der Waals surface area (Å²) in [6.45, 7) is 5.40. The van der Waals surface area contributed by atoms with Gasteiger partial charge in [0.1, 0.15) is 10.9 Å². The number of amides is 1. The molecule has 3 aromatic carbocycles. The summed E-state index contributed by atoms with van der Waals surface area (Å²) in [6.07, 6.45) is 1.85. The molecule has 1 aliphatic heterocycles. The molecule has 0 aliphatic carbocycles. The molecule has 0 N–H and O–H groups in total. The van der Waals surface area contributed by atoms with Gasteiger partial charge in [-0.15, -0.1) is 0 Å². The van der Waals surface area contributed by atoms with Crippen molar-refractivity contribution in [3.05, 3.63) is 76.7 Å².